The van der Waals surface area contributed by atoms with Gasteiger partial charge in [-0.3, -0.25) is 5.10 Å². The van der Waals surface area contributed by atoms with Crippen LogP contribution in [0.25, 0.3) is 0 Å². The Balaban J connectivity index is 2.20. The van der Waals surface area contributed by atoms with E-state index in [9.17, 15) is 12.8 Å². The monoisotopic (exact) mass is 275 g/mol. The zero-order valence-corrected chi connectivity index (χ0v) is 9.96. The summed E-state index contributed by atoms with van der Waals surface area (Å²) in [7, 11) is 1.15. The van der Waals surface area contributed by atoms with Gasteiger partial charge in [-0.25, -0.2) is 17.8 Å². The number of halogens is 2. The second-order valence-electron chi connectivity index (χ2n) is 3.31. The second-order valence-corrected chi connectivity index (χ2v) is 5.77. The van der Waals surface area contributed by atoms with E-state index >= 15 is 0 Å². The zero-order chi connectivity index (χ0) is 12.5. The van der Waals surface area contributed by atoms with Crippen molar-refractivity contribution >= 4 is 19.7 Å². The van der Waals surface area contributed by atoms with Gasteiger partial charge in [-0.1, -0.05) is 12.1 Å². The minimum Gasteiger partial charge on any atom is -0.262 e. The van der Waals surface area contributed by atoms with Crippen molar-refractivity contribution < 1.29 is 12.8 Å². The van der Waals surface area contributed by atoms with E-state index in [4.69, 9.17) is 10.7 Å². The molecular weight excluding hydrogens is 269 g/mol. The van der Waals surface area contributed by atoms with Crippen LogP contribution in [0, 0.1) is 5.82 Å². The van der Waals surface area contributed by atoms with Crippen molar-refractivity contribution in [3.63, 3.8) is 0 Å². The van der Waals surface area contributed by atoms with Gasteiger partial charge < -0.3 is 0 Å². The zero-order valence-electron chi connectivity index (χ0n) is 8.39. The summed E-state index contributed by atoms with van der Waals surface area (Å²) in [5.41, 5.74) is 0.779. The Morgan fingerprint density at radius 1 is 1.29 bits per heavy atom. The molecule has 17 heavy (non-hydrogen) atoms. The molecular formula is C9H7ClFN3O2S. The number of nitrogens with zero attached hydrogens (tertiary/aromatic N) is 2. The third-order valence-corrected chi connectivity index (χ3v) is 3.05. The van der Waals surface area contributed by atoms with Gasteiger partial charge in [-0.2, -0.15) is 0 Å². The molecule has 2 aromatic rings. The standard InChI is InChI=1S/C9H7ClFN3O2S/c10-17(15,16)9-12-8(13-14-9)5-6-1-3-7(11)4-2-6/h1-4H,5H2,(H,12,13,14). The average Bonchev–Trinajstić information content (AvgIpc) is 2.69. The van der Waals surface area contributed by atoms with Gasteiger partial charge >= 0.3 is 0 Å². The maximum absolute atomic E-state index is 12.7. The predicted molar refractivity (Wildman–Crippen MR) is 58.6 cm³/mol. The van der Waals surface area contributed by atoms with Crippen LogP contribution in [0.1, 0.15) is 11.4 Å². The highest BCUT2D eigenvalue weighted by Gasteiger charge is 2.16. The number of rotatable bonds is 3. The minimum atomic E-state index is -3.92. The molecule has 0 unspecified atom stereocenters. The number of aromatic nitrogens is 3. The van der Waals surface area contributed by atoms with E-state index in [1.807, 2.05) is 0 Å². The molecule has 8 heteroatoms. The quantitative estimate of drug-likeness (QED) is 0.861. The van der Waals surface area contributed by atoms with Crippen LogP contribution in [0.5, 0.6) is 0 Å². The maximum Gasteiger partial charge on any atom is 0.298 e. The summed E-state index contributed by atoms with van der Waals surface area (Å²) in [5.74, 6) is 0.00572. The summed E-state index contributed by atoms with van der Waals surface area (Å²) < 4.78 is 34.5. The summed E-state index contributed by atoms with van der Waals surface area (Å²) in [6.45, 7) is 0. The summed E-state index contributed by atoms with van der Waals surface area (Å²) in [5, 5.41) is 5.47. The molecule has 0 saturated heterocycles. The van der Waals surface area contributed by atoms with E-state index in [1.165, 1.54) is 12.1 Å². The van der Waals surface area contributed by atoms with E-state index in [1.54, 1.807) is 12.1 Å². The van der Waals surface area contributed by atoms with Crippen molar-refractivity contribution in [2.45, 2.75) is 11.6 Å². The molecule has 0 aliphatic heterocycles. The van der Waals surface area contributed by atoms with Crippen LogP contribution < -0.4 is 0 Å². The molecule has 0 radical (unpaired) electrons. The van der Waals surface area contributed by atoms with E-state index in [-0.39, 0.29) is 5.82 Å². The summed E-state index contributed by atoms with van der Waals surface area (Å²) >= 11 is 0. The Hall–Kier alpha value is -1.47. The molecule has 0 aliphatic carbocycles. The molecule has 1 heterocycles. The van der Waals surface area contributed by atoms with Crippen LogP contribution in [0.4, 0.5) is 4.39 Å². The lowest BCUT2D eigenvalue weighted by Crippen LogP contribution is -1.94. The Bertz CT molecular complexity index is 624. The molecule has 1 N–H and O–H groups in total. The van der Waals surface area contributed by atoms with Crippen LogP contribution in [0.15, 0.2) is 29.4 Å². The molecule has 1 aromatic carbocycles. The van der Waals surface area contributed by atoms with Crippen molar-refractivity contribution in [3.05, 3.63) is 41.5 Å². The average molecular weight is 276 g/mol. The first-order valence-corrected chi connectivity index (χ1v) is 6.86. The van der Waals surface area contributed by atoms with E-state index < -0.39 is 14.2 Å². The molecule has 0 amide bonds. The number of hydrogen-bond donors (Lipinski definition) is 1. The third kappa shape index (κ3) is 3.01. The highest BCUT2D eigenvalue weighted by Crippen LogP contribution is 2.11. The van der Waals surface area contributed by atoms with Gasteiger partial charge in [-0.05, 0) is 17.7 Å². The lowest BCUT2D eigenvalue weighted by atomic mass is 10.1. The summed E-state index contributed by atoms with van der Waals surface area (Å²) in [6.07, 6.45) is 0.319. The SMILES string of the molecule is O=S(=O)(Cl)c1n[nH]c(Cc2ccc(F)cc2)n1. The second kappa shape index (κ2) is 4.42. The largest absolute Gasteiger partial charge is 0.298 e. The molecule has 0 saturated carbocycles. The first-order chi connectivity index (χ1) is 7.95. The predicted octanol–water partition coefficient (Wildman–Crippen LogP) is 1.46. The van der Waals surface area contributed by atoms with Crippen LogP contribution in [-0.4, -0.2) is 23.6 Å². The fourth-order valence-corrected chi connectivity index (χ4v) is 1.84. The molecule has 5 nitrogen and oxygen atoms in total. The van der Waals surface area contributed by atoms with Gasteiger partial charge in [-0.15, -0.1) is 5.10 Å². The number of aromatic amines is 1. The Labute approximate surface area is 101 Å². The molecule has 2 rings (SSSR count). The van der Waals surface area contributed by atoms with Crippen molar-refractivity contribution in [2.75, 3.05) is 0 Å². The highest BCUT2D eigenvalue weighted by molar-refractivity contribution is 8.13. The Morgan fingerprint density at radius 2 is 1.94 bits per heavy atom. The number of H-pyrrole nitrogens is 1. The van der Waals surface area contributed by atoms with Gasteiger partial charge in [0, 0.05) is 17.1 Å². The smallest absolute Gasteiger partial charge is 0.262 e. The van der Waals surface area contributed by atoms with Gasteiger partial charge in [0.2, 0.25) is 0 Å². The molecule has 0 spiro atoms. The Kier molecular flexibility index (Phi) is 3.12. The molecule has 1 aromatic heterocycles. The minimum absolute atomic E-state index is 0.319. The van der Waals surface area contributed by atoms with Crippen LogP contribution in [0.2, 0.25) is 0 Å². The van der Waals surface area contributed by atoms with Gasteiger partial charge in [0.15, 0.2) is 0 Å². The summed E-state index contributed by atoms with van der Waals surface area (Å²) in [6, 6.07) is 5.77. The van der Waals surface area contributed by atoms with E-state index in [0.717, 1.165) is 5.56 Å². The molecule has 0 aliphatic rings. The van der Waals surface area contributed by atoms with E-state index in [2.05, 4.69) is 15.2 Å². The fraction of sp³-hybridized carbons (Fsp3) is 0.111. The van der Waals surface area contributed by atoms with Crippen LogP contribution in [-0.2, 0) is 15.5 Å². The first kappa shape index (κ1) is 12.0. The summed E-state index contributed by atoms with van der Waals surface area (Å²) in [4.78, 5) is 3.72. The number of nitrogens with one attached hydrogen (secondary N) is 1. The van der Waals surface area contributed by atoms with Gasteiger partial charge in [0.1, 0.15) is 11.6 Å². The van der Waals surface area contributed by atoms with Crippen molar-refractivity contribution in [1.29, 1.82) is 0 Å². The van der Waals surface area contributed by atoms with Crippen LogP contribution >= 0.6 is 10.7 Å². The number of hydrogen-bond acceptors (Lipinski definition) is 4. The highest BCUT2D eigenvalue weighted by atomic mass is 35.7. The lowest BCUT2D eigenvalue weighted by Gasteiger charge is -1.96. The Morgan fingerprint density at radius 3 is 2.47 bits per heavy atom. The van der Waals surface area contributed by atoms with Crippen molar-refractivity contribution in [2.24, 2.45) is 0 Å². The van der Waals surface area contributed by atoms with Crippen LogP contribution in [0.3, 0.4) is 0 Å². The normalized spacial score (nSPS) is 11.6. The lowest BCUT2D eigenvalue weighted by molar-refractivity contribution is 0.601. The third-order valence-electron chi connectivity index (χ3n) is 2.01. The van der Waals surface area contributed by atoms with Gasteiger partial charge in [0.05, 0.1) is 0 Å². The van der Waals surface area contributed by atoms with E-state index in [0.29, 0.717) is 12.2 Å². The van der Waals surface area contributed by atoms with Crippen molar-refractivity contribution in [3.8, 4) is 0 Å². The maximum atomic E-state index is 12.7. The topological polar surface area (TPSA) is 75.7 Å². The fourth-order valence-electron chi connectivity index (χ4n) is 1.26. The van der Waals surface area contributed by atoms with Gasteiger partial charge in [0.25, 0.3) is 14.2 Å². The molecule has 0 fully saturated rings. The van der Waals surface area contributed by atoms with Crippen molar-refractivity contribution in [1.82, 2.24) is 15.2 Å². The molecule has 0 atom stereocenters. The molecule has 90 valence electrons. The number of benzene rings is 1. The molecule has 0 bridgehead atoms. The first-order valence-electron chi connectivity index (χ1n) is 4.55.